The van der Waals surface area contributed by atoms with Gasteiger partial charge in [0.25, 0.3) is 5.91 Å². The molecule has 0 saturated heterocycles. The maximum absolute atomic E-state index is 12.8. The predicted molar refractivity (Wildman–Crippen MR) is 107 cm³/mol. The molecule has 0 fully saturated rings. The number of hydrogen-bond donors (Lipinski definition) is 0. The van der Waals surface area contributed by atoms with Crippen molar-refractivity contribution in [2.24, 2.45) is 0 Å². The lowest BCUT2D eigenvalue weighted by molar-refractivity contribution is -0.134. The van der Waals surface area contributed by atoms with Crippen LogP contribution in [0, 0.1) is 25.2 Å². The first kappa shape index (κ1) is 20.5. The fraction of sp³-hybridized carbons (Fsp3) is 0.364. The van der Waals surface area contributed by atoms with E-state index >= 15 is 0 Å². The third-order valence-electron chi connectivity index (χ3n) is 4.38. The lowest BCUT2D eigenvalue weighted by Crippen LogP contribution is -2.39. The molecule has 0 bridgehead atoms. The third-order valence-corrected chi connectivity index (χ3v) is 4.38. The molecule has 2 aromatic rings. The smallest absolute Gasteiger partial charge is 0.260 e. The van der Waals surface area contributed by atoms with Gasteiger partial charge in [-0.1, -0.05) is 30.3 Å². The van der Waals surface area contributed by atoms with E-state index in [-0.39, 0.29) is 12.5 Å². The third kappa shape index (κ3) is 6.12. The Bertz CT molecular complexity index is 787. The van der Waals surface area contributed by atoms with Gasteiger partial charge in [0.15, 0.2) is 6.61 Å². The van der Waals surface area contributed by atoms with Crippen LogP contribution in [0.1, 0.15) is 22.3 Å². The van der Waals surface area contributed by atoms with Crippen molar-refractivity contribution in [3.8, 4) is 11.8 Å². The van der Waals surface area contributed by atoms with Crippen LogP contribution in [0.4, 0.5) is 0 Å². The van der Waals surface area contributed by atoms with Crippen molar-refractivity contribution in [1.82, 2.24) is 9.80 Å². The number of aryl methyl sites for hydroxylation is 2. The first-order valence-electron chi connectivity index (χ1n) is 9.01. The summed E-state index contributed by atoms with van der Waals surface area (Å²) in [5.74, 6) is 0.723. The molecular weight excluding hydrogens is 338 g/mol. The summed E-state index contributed by atoms with van der Waals surface area (Å²) in [6.45, 7) is 5.85. The molecule has 0 aliphatic rings. The fourth-order valence-corrected chi connectivity index (χ4v) is 2.77. The van der Waals surface area contributed by atoms with Gasteiger partial charge in [0.1, 0.15) is 5.75 Å². The molecule has 142 valence electrons. The topological polar surface area (TPSA) is 56.6 Å². The van der Waals surface area contributed by atoms with Gasteiger partial charge < -0.3 is 14.5 Å². The van der Waals surface area contributed by atoms with Gasteiger partial charge in [0, 0.05) is 19.6 Å². The van der Waals surface area contributed by atoms with Gasteiger partial charge in [-0.3, -0.25) is 4.79 Å². The average molecular weight is 365 g/mol. The number of nitrogens with zero attached hydrogens (tertiary/aromatic N) is 3. The summed E-state index contributed by atoms with van der Waals surface area (Å²) in [6.07, 6.45) is 0. The highest BCUT2D eigenvalue weighted by Gasteiger charge is 2.16. The SMILES string of the molecule is Cc1cccc(C)c1OCC(=O)N(CCN(C)C)Cc1ccc(C#N)cc1. The quantitative estimate of drug-likeness (QED) is 0.721. The second kappa shape index (κ2) is 9.75. The van der Waals surface area contributed by atoms with Gasteiger partial charge in [-0.2, -0.15) is 5.26 Å². The number of carbonyl (C=O) groups is 1. The first-order valence-corrected chi connectivity index (χ1v) is 9.01. The second-order valence-corrected chi connectivity index (χ2v) is 6.94. The predicted octanol–water partition coefficient (Wildman–Crippen LogP) is 3.14. The normalized spacial score (nSPS) is 10.5. The van der Waals surface area contributed by atoms with Crippen LogP contribution < -0.4 is 4.74 Å². The zero-order valence-corrected chi connectivity index (χ0v) is 16.5. The highest BCUT2D eigenvalue weighted by molar-refractivity contribution is 5.78. The molecule has 0 aliphatic heterocycles. The van der Waals surface area contributed by atoms with Gasteiger partial charge in [-0.05, 0) is 56.8 Å². The van der Waals surface area contributed by atoms with Crippen LogP contribution in [0.25, 0.3) is 0 Å². The number of carbonyl (C=O) groups excluding carboxylic acids is 1. The summed E-state index contributed by atoms with van der Waals surface area (Å²) in [7, 11) is 3.97. The Morgan fingerprint density at radius 3 is 2.22 bits per heavy atom. The highest BCUT2D eigenvalue weighted by Crippen LogP contribution is 2.22. The standard InChI is InChI=1S/C22H27N3O2/c1-17-6-5-7-18(2)22(17)27-16-21(26)25(13-12-24(3)4)15-20-10-8-19(14-23)9-11-20/h5-11H,12-13,15-16H2,1-4H3. The first-order chi connectivity index (χ1) is 12.9. The van der Waals surface area contributed by atoms with E-state index in [0.29, 0.717) is 18.7 Å². The molecule has 0 aliphatic carbocycles. The molecule has 0 aromatic heterocycles. The number of hydrogen-bond acceptors (Lipinski definition) is 4. The summed E-state index contributed by atoms with van der Waals surface area (Å²) in [5, 5.41) is 8.93. The van der Waals surface area contributed by atoms with E-state index in [9.17, 15) is 4.79 Å². The Morgan fingerprint density at radius 1 is 1.04 bits per heavy atom. The average Bonchev–Trinajstić information content (AvgIpc) is 2.64. The van der Waals surface area contributed by atoms with Crippen LogP contribution in [0.2, 0.25) is 0 Å². The molecule has 0 N–H and O–H groups in total. The summed E-state index contributed by atoms with van der Waals surface area (Å²) in [5.41, 5.74) is 3.65. The van der Waals surface area contributed by atoms with E-state index in [1.165, 1.54) is 0 Å². The highest BCUT2D eigenvalue weighted by atomic mass is 16.5. The van der Waals surface area contributed by atoms with Crippen molar-refractivity contribution in [1.29, 1.82) is 5.26 Å². The second-order valence-electron chi connectivity index (χ2n) is 6.94. The molecule has 1 amide bonds. The number of likely N-dealkylation sites (N-methyl/N-ethyl adjacent to an activating group) is 1. The molecule has 5 nitrogen and oxygen atoms in total. The summed E-state index contributed by atoms with van der Waals surface area (Å²) >= 11 is 0. The van der Waals surface area contributed by atoms with Crippen molar-refractivity contribution in [2.45, 2.75) is 20.4 Å². The minimum absolute atomic E-state index is 0.00933. The minimum Gasteiger partial charge on any atom is -0.483 e. The molecule has 0 saturated carbocycles. The Morgan fingerprint density at radius 2 is 1.67 bits per heavy atom. The van der Waals surface area contributed by atoms with E-state index in [4.69, 9.17) is 10.00 Å². The lowest BCUT2D eigenvalue weighted by atomic mass is 10.1. The number of benzene rings is 2. The zero-order valence-electron chi connectivity index (χ0n) is 16.5. The van der Waals surface area contributed by atoms with Gasteiger partial charge in [-0.15, -0.1) is 0 Å². The molecule has 0 atom stereocenters. The largest absolute Gasteiger partial charge is 0.483 e. The van der Waals surface area contributed by atoms with E-state index in [1.807, 2.05) is 63.2 Å². The Labute approximate surface area is 161 Å². The van der Waals surface area contributed by atoms with Gasteiger partial charge in [0.2, 0.25) is 0 Å². The van der Waals surface area contributed by atoms with Crippen LogP contribution in [0.5, 0.6) is 5.75 Å². The maximum atomic E-state index is 12.8. The Kier molecular flexibility index (Phi) is 7.39. The van der Waals surface area contributed by atoms with Crippen molar-refractivity contribution in [3.05, 3.63) is 64.7 Å². The van der Waals surface area contributed by atoms with E-state index in [0.717, 1.165) is 29.0 Å². The summed E-state index contributed by atoms with van der Waals surface area (Å²) in [4.78, 5) is 16.7. The minimum atomic E-state index is -0.0520. The summed E-state index contributed by atoms with van der Waals surface area (Å²) in [6, 6.07) is 15.4. The molecule has 0 spiro atoms. The number of amides is 1. The fourth-order valence-electron chi connectivity index (χ4n) is 2.77. The Hall–Kier alpha value is -2.84. The van der Waals surface area contributed by atoms with Crippen LogP contribution >= 0.6 is 0 Å². The lowest BCUT2D eigenvalue weighted by Gasteiger charge is -2.25. The van der Waals surface area contributed by atoms with Crippen LogP contribution in [0.15, 0.2) is 42.5 Å². The van der Waals surface area contributed by atoms with Crippen molar-refractivity contribution in [3.63, 3.8) is 0 Å². The molecule has 27 heavy (non-hydrogen) atoms. The molecule has 0 radical (unpaired) electrons. The van der Waals surface area contributed by atoms with Crippen molar-refractivity contribution in [2.75, 3.05) is 33.8 Å². The van der Waals surface area contributed by atoms with E-state index in [1.54, 1.807) is 17.0 Å². The Balaban J connectivity index is 2.07. The monoisotopic (exact) mass is 365 g/mol. The van der Waals surface area contributed by atoms with Crippen LogP contribution in [0.3, 0.4) is 0 Å². The molecule has 2 rings (SSSR count). The number of nitriles is 1. The van der Waals surface area contributed by atoms with Crippen LogP contribution in [-0.4, -0.2) is 49.5 Å². The van der Waals surface area contributed by atoms with E-state index < -0.39 is 0 Å². The molecule has 0 unspecified atom stereocenters. The number of rotatable bonds is 8. The molecular formula is C22H27N3O2. The van der Waals surface area contributed by atoms with E-state index in [2.05, 4.69) is 6.07 Å². The zero-order chi connectivity index (χ0) is 19.8. The maximum Gasteiger partial charge on any atom is 0.260 e. The van der Waals surface area contributed by atoms with Gasteiger partial charge in [-0.25, -0.2) is 0 Å². The van der Waals surface area contributed by atoms with Crippen LogP contribution in [-0.2, 0) is 11.3 Å². The number of para-hydroxylation sites is 1. The number of ether oxygens (including phenoxy) is 1. The molecule has 5 heteroatoms. The van der Waals surface area contributed by atoms with Gasteiger partial charge in [0.05, 0.1) is 11.6 Å². The summed E-state index contributed by atoms with van der Waals surface area (Å²) < 4.78 is 5.84. The van der Waals surface area contributed by atoms with Crippen molar-refractivity contribution < 1.29 is 9.53 Å². The van der Waals surface area contributed by atoms with Gasteiger partial charge >= 0.3 is 0 Å². The molecule has 0 heterocycles. The molecule has 2 aromatic carbocycles. The van der Waals surface area contributed by atoms with Crippen molar-refractivity contribution >= 4 is 5.91 Å².